The Kier molecular flexibility index (Phi) is 10.8. The van der Waals surface area contributed by atoms with Gasteiger partial charge in [-0.1, -0.05) is 42.5 Å². The molecule has 3 aliphatic rings. The number of aromatic hydroxyl groups is 1. The van der Waals surface area contributed by atoms with E-state index in [9.17, 15) is 39.4 Å². The number of aliphatic hydroxyl groups is 3. The van der Waals surface area contributed by atoms with Crippen LogP contribution in [0.25, 0.3) is 11.1 Å². The summed E-state index contributed by atoms with van der Waals surface area (Å²) < 4.78 is 25.6. The smallest absolute Gasteiger partial charge is 0.357 e. The molecule has 292 valence electrons. The van der Waals surface area contributed by atoms with Gasteiger partial charge in [-0.15, -0.1) is 0 Å². The Morgan fingerprint density at radius 2 is 1.62 bits per heavy atom. The predicted octanol–water partition coefficient (Wildman–Crippen LogP) is 5.23. The van der Waals surface area contributed by atoms with Gasteiger partial charge in [0.15, 0.2) is 17.2 Å². The number of nitrogens with zero attached hydrogens (tertiary/aromatic N) is 2. The zero-order valence-electron chi connectivity index (χ0n) is 31.6. The number of amides is 1. The van der Waals surface area contributed by atoms with Crippen LogP contribution >= 0.6 is 7.60 Å². The average molecular weight is 775 g/mol. The van der Waals surface area contributed by atoms with Crippen molar-refractivity contribution in [3.05, 3.63) is 100 Å². The fraction of sp³-hybridized carbons (Fsp3) is 0.375. The summed E-state index contributed by atoms with van der Waals surface area (Å²) in [6, 6.07) is 16.8. The van der Waals surface area contributed by atoms with Crippen LogP contribution in [0.1, 0.15) is 47.5 Å². The molecular formula is C40H47N4O10P. The molecule has 14 nitrogen and oxygen atoms in total. The minimum atomic E-state index is -3.75. The summed E-state index contributed by atoms with van der Waals surface area (Å²) in [5, 5.41) is 50.0. The molecule has 1 unspecified atom stereocenters. The number of para-hydroxylation sites is 1. The fourth-order valence-corrected chi connectivity index (χ4v) is 10.3. The molecule has 0 saturated heterocycles. The number of fused-ring (bicyclic) bond motifs is 3. The van der Waals surface area contributed by atoms with Gasteiger partial charge >= 0.3 is 7.60 Å². The fourth-order valence-electron chi connectivity index (χ4n) is 8.35. The van der Waals surface area contributed by atoms with Crippen LogP contribution in [-0.2, 0) is 29.6 Å². The molecule has 0 spiro atoms. The number of nitrogens with two attached hydrogens (primary N) is 1. The highest BCUT2D eigenvalue weighted by atomic mass is 31.2. The molecule has 0 bridgehead atoms. The number of phenolic OH excluding ortho intramolecular Hbond substituents is 1. The van der Waals surface area contributed by atoms with Crippen molar-refractivity contribution in [1.29, 1.82) is 0 Å². The summed E-state index contributed by atoms with van der Waals surface area (Å²) in [5.41, 5.74) is 4.68. The van der Waals surface area contributed by atoms with Crippen molar-refractivity contribution in [3.63, 3.8) is 0 Å². The lowest BCUT2D eigenvalue weighted by Gasteiger charge is -2.50. The Labute approximate surface area is 319 Å². The average Bonchev–Trinajstić information content (AvgIpc) is 3.12. The maximum absolute atomic E-state index is 14.6. The number of benzene rings is 3. The van der Waals surface area contributed by atoms with E-state index in [0.717, 1.165) is 0 Å². The molecule has 0 radical (unpaired) electrons. The van der Waals surface area contributed by atoms with Gasteiger partial charge < -0.3 is 45.4 Å². The number of allylic oxidation sites excluding steroid dienone is 1. The summed E-state index contributed by atoms with van der Waals surface area (Å²) >= 11 is 0. The van der Waals surface area contributed by atoms with Crippen LogP contribution in [0.4, 0.5) is 11.4 Å². The van der Waals surface area contributed by atoms with Crippen molar-refractivity contribution >= 4 is 36.4 Å². The summed E-state index contributed by atoms with van der Waals surface area (Å²) in [7, 11) is 3.00. The zero-order chi connectivity index (χ0) is 40.1. The van der Waals surface area contributed by atoms with Gasteiger partial charge in [0.05, 0.1) is 24.8 Å². The molecule has 5 atom stereocenters. The number of hydrogen-bond acceptors (Lipinski definition) is 13. The van der Waals surface area contributed by atoms with Gasteiger partial charge in [-0.2, -0.15) is 0 Å². The number of carbonyl (C=O) groups excluding carboxylic acids is 3. The van der Waals surface area contributed by atoms with Crippen molar-refractivity contribution in [1.82, 2.24) is 4.90 Å². The number of likely N-dealkylation sites (N-methyl/N-ethyl adjacent to an activating group) is 1. The number of ketones is 2. The number of Topliss-reactive ketones (excluding diaryl/α,β-unsaturated/α-hetero) is 2. The third kappa shape index (κ3) is 6.51. The molecule has 0 fully saturated rings. The van der Waals surface area contributed by atoms with Crippen molar-refractivity contribution in [3.8, 4) is 16.9 Å². The first-order valence-corrected chi connectivity index (χ1v) is 19.6. The molecular weight excluding hydrogens is 727 g/mol. The van der Waals surface area contributed by atoms with Crippen LogP contribution in [0.15, 0.2) is 83.3 Å². The number of phenols is 1. The first-order chi connectivity index (χ1) is 26.0. The van der Waals surface area contributed by atoms with Crippen molar-refractivity contribution in [2.45, 2.75) is 44.1 Å². The zero-order valence-corrected chi connectivity index (χ0v) is 32.5. The summed E-state index contributed by atoms with van der Waals surface area (Å²) in [6.45, 7) is 3.75. The van der Waals surface area contributed by atoms with E-state index in [1.807, 2.05) is 30.3 Å². The Bertz CT molecular complexity index is 2140. The summed E-state index contributed by atoms with van der Waals surface area (Å²) in [6.07, 6.45) is 0.125. The lowest BCUT2D eigenvalue weighted by molar-refractivity contribution is -0.148. The molecule has 1 amide bonds. The van der Waals surface area contributed by atoms with Gasteiger partial charge in [0.2, 0.25) is 5.78 Å². The van der Waals surface area contributed by atoms with E-state index in [1.54, 1.807) is 77.3 Å². The van der Waals surface area contributed by atoms with Crippen LogP contribution in [0.5, 0.6) is 5.75 Å². The maximum Gasteiger partial charge on any atom is 0.357 e. The number of primary amides is 1. The second-order valence-electron chi connectivity index (χ2n) is 14.4. The molecule has 55 heavy (non-hydrogen) atoms. The third-order valence-electron chi connectivity index (χ3n) is 10.7. The molecule has 3 aromatic rings. The standard InChI is InChI=1S/C40H47N4O10P/c1-7-53-55(52,54-8-2)39(42-24-12-10-9-11-13-24)22-16-14-21(15-17-22)25-20-28(43(3)4)26-18-23-19-27-32(44(5)6)35(47)31(38(41)50)37(49)40(27,51)36(48)29(23)34(46)30(26)33(25)45/h9-17,20,23,27,32,39,42,45,47-48,51H,7-8,18-19H2,1-6H3,(H2,41,50)/t23-,27-,32-,39?,40-/m0/s1. The molecule has 3 aromatic carbocycles. The second-order valence-corrected chi connectivity index (χ2v) is 16.5. The Hall–Kier alpha value is -4.98. The van der Waals surface area contributed by atoms with Crippen LogP contribution < -0.4 is 16.0 Å². The Morgan fingerprint density at radius 3 is 2.16 bits per heavy atom. The van der Waals surface area contributed by atoms with Gasteiger partial charge in [0.1, 0.15) is 22.8 Å². The van der Waals surface area contributed by atoms with Crippen LogP contribution in [0.2, 0.25) is 0 Å². The van der Waals surface area contributed by atoms with E-state index < -0.39 is 71.4 Å². The van der Waals surface area contributed by atoms with E-state index in [-0.39, 0.29) is 48.5 Å². The van der Waals surface area contributed by atoms with Gasteiger partial charge in [-0.25, -0.2) is 0 Å². The third-order valence-corrected chi connectivity index (χ3v) is 13.0. The van der Waals surface area contributed by atoms with Gasteiger partial charge in [0.25, 0.3) is 5.91 Å². The number of nitrogens with one attached hydrogen (secondary N) is 1. The van der Waals surface area contributed by atoms with E-state index in [0.29, 0.717) is 28.1 Å². The molecule has 6 rings (SSSR count). The minimum Gasteiger partial charge on any atom is -0.510 e. The van der Waals surface area contributed by atoms with Gasteiger partial charge in [0, 0.05) is 42.5 Å². The highest BCUT2D eigenvalue weighted by Crippen LogP contribution is 2.61. The monoisotopic (exact) mass is 774 g/mol. The Balaban J connectivity index is 1.46. The number of aliphatic hydroxyl groups excluding tert-OH is 2. The van der Waals surface area contributed by atoms with E-state index in [4.69, 9.17) is 14.8 Å². The van der Waals surface area contributed by atoms with Crippen molar-refractivity contribution in [2.75, 3.05) is 51.6 Å². The normalized spacial score (nSPS) is 22.9. The molecule has 15 heteroatoms. The molecule has 0 saturated carbocycles. The maximum atomic E-state index is 14.6. The largest absolute Gasteiger partial charge is 0.510 e. The SMILES string of the molecule is CCOP(=O)(OCC)C(Nc1ccccc1)c1ccc(-c2cc(N(C)C)c3c(c2O)C(=O)C2=C(O)[C@]4(O)C(=O)C(C(N)=O)=C(O)[C@@H](N(C)C)[C@@H]4C[C@@H]2C3)cc1. The van der Waals surface area contributed by atoms with Gasteiger partial charge in [-0.05, 0) is 81.6 Å². The number of carbonyl (C=O) groups is 3. The molecule has 0 heterocycles. The molecule has 0 aliphatic heterocycles. The van der Waals surface area contributed by atoms with E-state index in [2.05, 4.69) is 5.32 Å². The van der Waals surface area contributed by atoms with Crippen molar-refractivity contribution in [2.24, 2.45) is 17.6 Å². The summed E-state index contributed by atoms with van der Waals surface area (Å²) in [5.74, 6) is -8.05. The van der Waals surface area contributed by atoms with Crippen LogP contribution in [-0.4, -0.2) is 95.8 Å². The molecule has 3 aliphatic carbocycles. The minimum absolute atomic E-state index is 0.0197. The molecule has 7 N–H and O–H groups in total. The second kappa shape index (κ2) is 14.9. The lowest BCUT2D eigenvalue weighted by atomic mass is 9.58. The number of hydrogen-bond donors (Lipinski definition) is 6. The lowest BCUT2D eigenvalue weighted by Crippen LogP contribution is -2.63. The van der Waals surface area contributed by atoms with E-state index in [1.165, 1.54) is 4.90 Å². The molecule has 0 aromatic heterocycles. The van der Waals surface area contributed by atoms with Crippen LogP contribution in [0, 0.1) is 11.8 Å². The topological polar surface area (TPSA) is 212 Å². The van der Waals surface area contributed by atoms with Gasteiger partial charge in [-0.3, -0.25) is 23.8 Å². The highest BCUT2D eigenvalue weighted by molar-refractivity contribution is 7.54. The quantitative estimate of drug-likeness (QED) is 0.103. The Morgan fingerprint density at radius 1 is 1.00 bits per heavy atom. The highest BCUT2D eigenvalue weighted by Gasteiger charge is 2.63. The number of anilines is 2. The number of rotatable bonds is 12. The van der Waals surface area contributed by atoms with Crippen LogP contribution in [0.3, 0.4) is 0 Å². The predicted molar refractivity (Wildman–Crippen MR) is 207 cm³/mol. The van der Waals surface area contributed by atoms with Crippen molar-refractivity contribution < 1.29 is 48.4 Å². The van der Waals surface area contributed by atoms with E-state index >= 15 is 0 Å². The summed E-state index contributed by atoms with van der Waals surface area (Å²) in [4.78, 5) is 44.0. The first-order valence-electron chi connectivity index (χ1n) is 18.0. The first kappa shape index (κ1) is 39.7.